The Morgan fingerprint density at radius 3 is 2.20 bits per heavy atom. The molecular formula is C27H36N2O6. The summed E-state index contributed by atoms with van der Waals surface area (Å²) in [7, 11) is 1.77. The van der Waals surface area contributed by atoms with E-state index in [0.717, 1.165) is 0 Å². The normalized spacial score (nSPS) is 16.3. The SMILES string of the molecule is CCOC(=O)C1=C(C)NC(CNC)=C(C(=O)OCC)C1c1ccccc1C=CC(=O)OC(C)(C)C. The molecule has 1 aliphatic heterocycles. The lowest BCUT2D eigenvalue weighted by Crippen LogP contribution is -2.36. The molecule has 0 fully saturated rings. The molecular weight excluding hydrogens is 448 g/mol. The molecule has 0 spiro atoms. The van der Waals surface area contributed by atoms with Gasteiger partial charge in [-0.15, -0.1) is 0 Å². The van der Waals surface area contributed by atoms with Gasteiger partial charge in [0.05, 0.1) is 30.3 Å². The van der Waals surface area contributed by atoms with E-state index in [9.17, 15) is 14.4 Å². The standard InChI is InChI=1S/C27H36N2O6/c1-8-33-25(31)22-17(3)29-20(16-28-7)24(26(32)34-9-2)23(22)19-13-11-10-12-18(19)14-15-21(30)35-27(4,5)6/h10-15,23,28-29H,8-9,16H2,1-7H3. The van der Waals surface area contributed by atoms with Crippen molar-refractivity contribution in [3.8, 4) is 0 Å². The van der Waals surface area contributed by atoms with E-state index in [2.05, 4.69) is 10.6 Å². The van der Waals surface area contributed by atoms with Gasteiger partial charge < -0.3 is 24.8 Å². The number of hydrogen-bond donors (Lipinski definition) is 2. The zero-order chi connectivity index (χ0) is 26.2. The second kappa shape index (κ2) is 12.4. The molecule has 1 aromatic carbocycles. The Hall–Kier alpha value is -3.39. The van der Waals surface area contributed by atoms with E-state index in [1.807, 2.05) is 24.3 Å². The molecule has 1 heterocycles. The molecule has 1 atom stereocenters. The first kappa shape index (κ1) is 27.9. The highest BCUT2D eigenvalue weighted by molar-refractivity contribution is 6.00. The highest BCUT2D eigenvalue weighted by Gasteiger charge is 2.39. The van der Waals surface area contributed by atoms with Crippen LogP contribution >= 0.6 is 0 Å². The fourth-order valence-electron chi connectivity index (χ4n) is 3.87. The summed E-state index contributed by atoms with van der Waals surface area (Å²) in [6.45, 7) is 11.3. The van der Waals surface area contributed by atoms with Crippen LogP contribution in [0.2, 0.25) is 0 Å². The van der Waals surface area contributed by atoms with Gasteiger partial charge in [-0.05, 0) is 65.8 Å². The van der Waals surface area contributed by atoms with E-state index < -0.39 is 29.4 Å². The highest BCUT2D eigenvalue weighted by atomic mass is 16.6. The van der Waals surface area contributed by atoms with Crippen molar-refractivity contribution in [3.63, 3.8) is 0 Å². The number of dihydropyridines is 1. The Morgan fingerprint density at radius 1 is 1.03 bits per heavy atom. The smallest absolute Gasteiger partial charge is 0.336 e. The number of carbonyl (C=O) groups is 3. The molecule has 1 aromatic rings. The summed E-state index contributed by atoms with van der Waals surface area (Å²) in [6.07, 6.45) is 2.97. The first-order chi connectivity index (χ1) is 16.5. The first-order valence-electron chi connectivity index (χ1n) is 11.7. The van der Waals surface area contributed by atoms with E-state index in [0.29, 0.717) is 40.2 Å². The Kier molecular flexibility index (Phi) is 9.83. The quantitative estimate of drug-likeness (QED) is 0.311. The van der Waals surface area contributed by atoms with Crippen molar-refractivity contribution in [1.82, 2.24) is 10.6 Å². The van der Waals surface area contributed by atoms with Crippen LogP contribution < -0.4 is 10.6 Å². The Morgan fingerprint density at radius 2 is 1.63 bits per heavy atom. The fourth-order valence-corrected chi connectivity index (χ4v) is 3.87. The molecule has 0 saturated carbocycles. The van der Waals surface area contributed by atoms with Crippen LogP contribution in [0.3, 0.4) is 0 Å². The topological polar surface area (TPSA) is 103 Å². The molecule has 2 N–H and O–H groups in total. The second-order valence-electron chi connectivity index (χ2n) is 8.96. The van der Waals surface area contributed by atoms with Gasteiger partial charge in [0.25, 0.3) is 0 Å². The Balaban J connectivity index is 2.72. The van der Waals surface area contributed by atoms with Crippen molar-refractivity contribution in [2.75, 3.05) is 26.8 Å². The third-order valence-electron chi connectivity index (χ3n) is 5.10. The third kappa shape index (κ3) is 7.29. The first-order valence-corrected chi connectivity index (χ1v) is 11.7. The monoisotopic (exact) mass is 484 g/mol. The average Bonchev–Trinajstić information content (AvgIpc) is 2.76. The van der Waals surface area contributed by atoms with Crippen LogP contribution in [0.15, 0.2) is 52.9 Å². The van der Waals surface area contributed by atoms with Gasteiger partial charge in [0.15, 0.2) is 0 Å². The maximum Gasteiger partial charge on any atom is 0.336 e. The van der Waals surface area contributed by atoms with Gasteiger partial charge in [-0.1, -0.05) is 24.3 Å². The van der Waals surface area contributed by atoms with Crippen LogP contribution in [0.1, 0.15) is 58.6 Å². The van der Waals surface area contributed by atoms with E-state index in [-0.39, 0.29) is 13.2 Å². The largest absolute Gasteiger partial charge is 0.463 e. The van der Waals surface area contributed by atoms with Crippen LogP contribution in [0.5, 0.6) is 0 Å². The van der Waals surface area contributed by atoms with Gasteiger partial charge in [0.1, 0.15) is 5.60 Å². The molecule has 35 heavy (non-hydrogen) atoms. The number of rotatable bonds is 9. The third-order valence-corrected chi connectivity index (χ3v) is 5.10. The second-order valence-corrected chi connectivity index (χ2v) is 8.96. The summed E-state index contributed by atoms with van der Waals surface area (Å²) in [5, 5.41) is 6.25. The average molecular weight is 485 g/mol. The van der Waals surface area contributed by atoms with Gasteiger partial charge in [0.2, 0.25) is 0 Å². The molecule has 0 aliphatic carbocycles. The Bertz CT molecular complexity index is 1050. The van der Waals surface area contributed by atoms with Crippen LogP contribution in [-0.4, -0.2) is 50.3 Å². The number of hydrogen-bond acceptors (Lipinski definition) is 8. The van der Waals surface area contributed by atoms with Crippen molar-refractivity contribution < 1.29 is 28.6 Å². The van der Waals surface area contributed by atoms with Gasteiger partial charge in [-0.3, -0.25) is 0 Å². The summed E-state index contributed by atoms with van der Waals surface area (Å²) in [4.78, 5) is 38.7. The number of allylic oxidation sites excluding steroid dienone is 1. The van der Waals surface area contributed by atoms with Gasteiger partial charge >= 0.3 is 17.9 Å². The summed E-state index contributed by atoms with van der Waals surface area (Å²) < 4.78 is 16.1. The molecule has 0 aromatic heterocycles. The van der Waals surface area contributed by atoms with Crippen molar-refractivity contribution >= 4 is 24.0 Å². The highest BCUT2D eigenvalue weighted by Crippen LogP contribution is 2.41. The molecule has 1 aliphatic rings. The van der Waals surface area contributed by atoms with Gasteiger partial charge in [0, 0.05) is 24.0 Å². The molecule has 190 valence electrons. The molecule has 0 radical (unpaired) electrons. The molecule has 8 nitrogen and oxygen atoms in total. The molecule has 0 bridgehead atoms. The predicted octanol–water partition coefficient (Wildman–Crippen LogP) is 3.60. The molecule has 1 unspecified atom stereocenters. The van der Waals surface area contributed by atoms with E-state index in [1.54, 1.807) is 54.7 Å². The van der Waals surface area contributed by atoms with Gasteiger partial charge in [-0.25, -0.2) is 14.4 Å². The molecule has 0 saturated heterocycles. The fraction of sp³-hybridized carbons (Fsp3) is 0.444. The lowest BCUT2D eigenvalue weighted by Gasteiger charge is -2.32. The van der Waals surface area contributed by atoms with Crippen LogP contribution in [0.25, 0.3) is 6.08 Å². The maximum absolute atomic E-state index is 13.2. The number of likely N-dealkylation sites (N-methyl/N-ethyl adjacent to an activating group) is 1. The summed E-state index contributed by atoms with van der Waals surface area (Å²) in [5.41, 5.74) is 2.50. The number of ether oxygens (including phenoxy) is 3. The zero-order valence-electron chi connectivity index (χ0n) is 21.6. The minimum absolute atomic E-state index is 0.180. The number of carbonyl (C=O) groups excluding carboxylic acids is 3. The van der Waals surface area contributed by atoms with Gasteiger partial charge in [-0.2, -0.15) is 0 Å². The minimum atomic E-state index is -0.766. The van der Waals surface area contributed by atoms with Crippen molar-refractivity contribution in [1.29, 1.82) is 0 Å². The molecule has 8 heteroatoms. The van der Waals surface area contributed by atoms with E-state index >= 15 is 0 Å². The summed E-state index contributed by atoms with van der Waals surface area (Å²) >= 11 is 0. The van der Waals surface area contributed by atoms with Crippen molar-refractivity contribution in [2.24, 2.45) is 0 Å². The molecule has 2 rings (SSSR count). The lowest BCUT2D eigenvalue weighted by atomic mass is 9.78. The van der Waals surface area contributed by atoms with E-state index in [1.165, 1.54) is 6.08 Å². The van der Waals surface area contributed by atoms with Crippen LogP contribution in [-0.2, 0) is 28.6 Å². The predicted molar refractivity (Wildman–Crippen MR) is 134 cm³/mol. The summed E-state index contributed by atoms with van der Waals surface area (Å²) in [5.74, 6) is -2.32. The van der Waals surface area contributed by atoms with Crippen LogP contribution in [0.4, 0.5) is 0 Å². The minimum Gasteiger partial charge on any atom is -0.463 e. The van der Waals surface area contributed by atoms with E-state index in [4.69, 9.17) is 14.2 Å². The number of esters is 3. The van der Waals surface area contributed by atoms with Crippen molar-refractivity contribution in [3.05, 3.63) is 64.0 Å². The number of nitrogens with one attached hydrogen (secondary N) is 2. The molecule has 0 amide bonds. The van der Waals surface area contributed by atoms with Crippen LogP contribution in [0, 0.1) is 0 Å². The Labute approximate surface area is 207 Å². The van der Waals surface area contributed by atoms with Crippen molar-refractivity contribution in [2.45, 2.75) is 53.1 Å². The number of benzene rings is 1. The maximum atomic E-state index is 13.2. The zero-order valence-corrected chi connectivity index (χ0v) is 21.6. The lowest BCUT2D eigenvalue weighted by molar-refractivity contribution is -0.148. The summed E-state index contributed by atoms with van der Waals surface area (Å²) in [6, 6.07) is 7.29.